The van der Waals surface area contributed by atoms with Crippen molar-refractivity contribution in [3.63, 3.8) is 0 Å². The number of benzene rings is 4. The molecule has 0 spiro atoms. The summed E-state index contributed by atoms with van der Waals surface area (Å²) in [5, 5.41) is 7.26. The summed E-state index contributed by atoms with van der Waals surface area (Å²) in [7, 11) is 0. The number of aryl methyl sites for hydroxylation is 3. The minimum absolute atomic E-state index is 0.262. The Morgan fingerprint density at radius 3 is 2.26 bits per heavy atom. The zero-order valence-electron chi connectivity index (χ0n) is 26.6. The van der Waals surface area contributed by atoms with Gasteiger partial charge in [0.1, 0.15) is 12.4 Å². The van der Waals surface area contributed by atoms with Crippen molar-refractivity contribution < 1.29 is 18.8 Å². The SMILES string of the molecule is CCNC(=O)c1noc(-c2cc(CCc3ccccc3)c(C)cc2OCc2ccccc2)c1-c1ccc(CN2CCOCC2)cc1. The molecule has 1 fully saturated rings. The Kier molecular flexibility index (Phi) is 10.2. The number of amides is 1. The Labute approximate surface area is 271 Å². The number of nitrogens with one attached hydrogen (secondary N) is 1. The number of ether oxygens (including phenoxy) is 2. The largest absolute Gasteiger partial charge is 0.488 e. The molecule has 1 N–H and O–H groups in total. The third-order valence-corrected chi connectivity index (χ3v) is 8.44. The Hall–Kier alpha value is -4.72. The molecule has 5 aromatic rings. The maximum atomic E-state index is 13.3. The van der Waals surface area contributed by atoms with Crippen LogP contribution in [0.1, 0.15) is 45.2 Å². The van der Waals surface area contributed by atoms with E-state index in [9.17, 15) is 4.79 Å². The van der Waals surface area contributed by atoms with Crippen molar-refractivity contribution in [3.8, 4) is 28.2 Å². The normalized spacial score (nSPS) is 13.4. The first-order valence-electron chi connectivity index (χ1n) is 16.1. The van der Waals surface area contributed by atoms with Crippen LogP contribution < -0.4 is 10.1 Å². The summed E-state index contributed by atoms with van der Waals surface area (Å²) >= 11 is 0. The number of carbonyl (C=O) groups excluding carboxylic acids is 1. The molecule has 236 valence electrons. The zero-order valence-corrected chi connectivity index (χ0v) is 26.6. The Balaban J connectivity index is 1.40. The monoisotopic (exact) mass is 615 g/mol. The predicted octanol–water partition coefficient (Wildman–Crippen LogP) is 7.26. The molecule has 0 unspecified atom stereocenters. The van der Waals surface area contributed by atoms with Gasteiger partial charge in [0.15, 0.2) is 11.5 Å². The molecule has 1 aliphatic heterocycles. The van der Waals surface area contributed by atoms with Gasteiger partial charge in [-0.2, -0.15) is 0 Å². The first kappa shape index (κ1) is 31.3. The van der Waals surface area contributed by atoms with Crippen LogP contribution in [0.25, 0.3) is 22.5 Å². The lowest BCUT2D eigenvalue weighted by molar-refractivity contribution is 0.0342. The summed E-state index contributed by atoms with van der Waals surface area (Å²) in [6.45, 7) is 9.12. The Morgan fingerprint density at radius 2 is 1.57 bits per heavy atom. The summed E-state index contributed by atoms with van der Waals surface area (Å²) in [6, 6.07) is 33.2. The fraction of sp³-hybridized carbons (Fsp3) is 0.282. The third-order valence-electron chi connectivity index (χ3n) is 8.44. The summed E-state index contributed by atoms with van der Waals surface area (Å²) in [4.78, 5) is 15.7. The Morgan fingerprint density at radius 1 is 0.870 bits per heavy atom. The standard InChI is InChI=1S/C39H41N3O4/c1-3-40-39(43)37-36(32-17-15-30(16-18-32)26-42-20-22-44-23-21-42)38(46-41-37)34-25-33(19-14-29-10-6-4-7-11-29)28(2)24-35(34)45-27-31-12-8-5-9-13-31/h4-13,15-18,24-25H,3,14,19-23,26-27H2,1-2H3,(H,40,43). The van der Waals surface area contributed by atoms with Crippen LogP contribution in [0.3, 0.4) is 0 Å². The second kappa shape index (κ2) is 15.0. The van der Waals surface area contributed by atoms with Gasteiger partial charge in [0.25, 0.3) is 5.91 Å². The first-order valence-corrected chi connectivity index (χ1v) is 16.1. The molecule has 7 heteroatoms. The molecule has 0 bridgehead atoms. The average molecular weight is 616 g/mol. The van der Waals surface area contributed by atoms with Crippen LogP contribution in [0.4, 0.5) is 0 Å². The van der Waals surface area contributed by atoms with E-state index in [-0.39, 0.29) is 11.6 Å². The van der Waals surface area contributed by atoms with E-state index in [4.69, 9.17) is 14.0 Å². The zero-order chi connectivity index (χ0) is 31.7. The van der Waals surface area contributed by atoms with E-state index in [1.807, 2.05) is 43.3 Å². The minimum atomic E-state index is -0.270. The summed E-state index contributed by atoms with van der Waals surface area (Å²) in [5.74, 6) is 0.938. The maximum Gasteiger partial charge on any atom is 0.274 e. The van der Waals surface area contributed by atoms with Crippen molar-refractivity contribution in [2.45, 2.75) is 39.8 Å². The van der Waals surface area contributed by atoms with E-state index in [2.05, 4.69) is 83.0 Å². The fourth-order valence-corrected chi connectivity index (χ4v) is 5.89. The molecule has 2 heterocycles. The quantitative estimate of drug-likeness (QED) is 0.159. The van der Waals surface area contributed by atoms with Gasteiger partial charge in [0.05, 0.1) is 24.3 Å². The molecule has 0 saturated carbocycles. The van der Waals surface area contributed by atoms with Crippen LogP contribution in [0.2, 0.25) is 0 Å². The van der Waals surface area contributed by atoms with Gasteiger partial charge in [-0.25, -0.2) is 0 Å². The molecular formula is C39H41N3O4. The molecular weight excluding hydrogens is 574 g/mol. The minimum Gasteiger partial charge on any atom is -0.488 e. The maximum absolute atomic E-state index is 13.3. The van der Waals surface area contributed by atoms with Crippen LogP contribution in [0.5, 0.6) is 5.75 Å². The van der Waals surface area contributed by atoms with Crippen molar-refractivity contribution in [3.05, 3.63) is 131 Å². The van der Waals surface area contributed by atoms with Gasteiger partial charge >= 0.3 is 0 Å². The average Bonchev–Trinajstić information content (AvgIpc) is 3.54. The van der Waals surface area contributed by atoms with Crippen molar-refractivity contribution in [1.29, 1.82) is 0 Å². The van der Waals surface area contributed by atoms with Crippen LogP contribution >= 0.6 is 0 Å². The van der Waals surface area contributed by atoms with E-state index in [1.54, 1.807) is 0 Å². The Bertz CT molecular complexity index is 1730. The molecule has 0 aliphatic carbocycles. The van der Waals surface area contributed by atoms with Crippen LogP contribution in [-0.2, 0) is 30.7 Å². The van der Waals surface area contributed by atoms with Crippen molar-refractivity contribution >= 4 is 5.91 Å². The fourth-order valence-electron chi connectivity index (χ4n) is 5.89. The first-order chi connectivity index (χ1) is 22.6. The molecule has 1 aromatic heterocycles. The third kappa shape index (κ3) is 7.56. The predicted molar refractivity (Wildman–Crippen MR) is 181 cm³/mol. The van der Waals surface area contributed by atoms with Crippen LogP contribution in [-0.4, -0.2) is 48.8 Å². The van der Waals surface area contributed by atoms with Gasteiger partial charge in [-0.1, -0.05) is 90.1 Å². The van der Waals surface area contributed by atoms with Gasteiger partial charge < -0.3 is 19.3 Å². The van der Waals surface area contributed by atoms with Gasteiger partial charge in [0, 0.05) is 26.2 Å². The van der Waals surface area contributed by atoms with Crippen LogP contribution in [0, 0.1) is 6.92 Å². The number of nitrogens with zero attached hydrogens (tertiary/aromatic N) is 2. The van der Waals surface area contributed by atoms with Crippen LogP contribution in [0.15, 0.2) is 102 Å². The van der Waals surface area contributed by atoms with E-state index in [0.29, 0.717) is 30.2 Å². The summed E-state index contributed by atoms with van der Waals surface area (Å²) < 4.78 is 18.1. The van der Waals surface area contributed by atoms with Gasteiger partial charge in [-0.15, -0.1) is 0 Å². The lowest BCUT2D eigenvalue weighted by Crippen LogP contribution is -2.35. The lowest BCUT2D eigenvalue weighted by Gasteiger charge is -2.26. The number of hydrogen-bond acceptors (Lipinski definition) is 6. The van der Waals surface area contributed by atoms with Crippen molar-refractivity contribution in [2.75, 3.05) is 32.8 Å². The molecule has 4 aromatic carbocycles. The highest BCUT2D eigenvalue weighted by Crippen LogP contribution is 2.41. The van der Waals surface area contributed by atoms with Crippen molar-refractivity contribution in [1.82, 2.24) is 15.4 Å². The van der Waals surface area contributed by atoms with E-state index in [0.717, 1.165) is 67.9 Å². The summed E-state index contributed by atoms with van der Waals surface area (Å²) in [5.41, 5.74) is 8.44. The molecule has 0 radical (unpaired) electrons. The second-order valence-electron chi connectivity index (χ2n) is 11.7. The van der Waals surface area contributed by atoms with E-state index < -0.39 is 0 Å². The smallest absolute Gasteiger partial charge is 0.274 e. The lowest BCUT2D eigenvalue weighted by atomic mass is 9.93. The highest BCUT2D eigenvalue weighted by molar-refractivity contribution is 6.02. The number of carbonyl (C=O) groups is 1. The molecule has 46 heavy (non-hydrogen) atoms. The number of aromatic nitrogens is 1. The molecule has 1 amide bonds. The molecule has 7 nitrogen and oxygen atoms in total. The number of morpholine rings is 1. The van der Waals surface area contributed by atoms with Gasteiger partial charge in [-0.05, 0) is 72.2 Å². The topological polar surface area (TPSA) is 76.8 Å². The van der Waals surface area contributed by atoms with Crippen molar-refractivity contribution in [2.24, 2.45) is 0 Å². The summed E-state index contributed by atoms with van der Waals surface area (Å²) in [6.07, 6.45) is 1.76. The second-order valence-corrected chi connectivity index (χ2v) is 11.7. The molecule has 6 rings (SSSR count). The highest BCUT2D eigenvalue weighted by Gasteiger charge is 2.27. The van der Waals surface area contributed by atoms with E-state index in [1.165, 1.54) is 16.7 Å². The van der Waals surface area contributed by atoms with E-state index >= 15 is 0 Å². The molecule has 0 atom stereocenters. The van der Waals surface area contributed by atoms with Gasteiger partial charge in [0.2, 0.25) is 0 Å². The number of rotatable bonds is 12. The van der Waals surface area contributed by atoms with Gasteiger partial charge in [-0.3, -0.25) is 9.69 Å². The highest BCUT2D eigenvalue weighted by atomic mass is 16.5. The molecule has 1 saturated heterocycles. The number of hydrogen-bond donors (Lipinski definition) is 1. The molecule has 1 aliphatic rings.